The van der Waals surface area contributed by atoms with Gasteiger partial charge in [0.05, 0.1) is 29.1 Å². The van der Waals surface area contributed by atoms with E-state index < -0.39 is 28.7 Å². The fourth-order valence-corrected chi connectivity index (χ4v) is 2.71. The summed E-state index contributed by atoms with van der Waals surface area (Å²) in [5.74, 6) is -0.365. The van der Waals surface area contributed by atoms with Crippen LogP contribution in [0.2, 0.25) is 5.02 Å². The van der Waals surface area contributed by atoms with Crippen LogP contribution in [-0.2, 0) is 17.5 Å². The van der Waals surface area contributed by atoms with E-state index in [1.165, 1.54) is 12.3 Å². The summed E-state index contributed by atoms with van der Waals surface area (Å²) in [6, 6.07) is 5.91. The summed E-state index contributed by atoms with van der Waals surface area (Å²) in [5, 5.41) is 4.06. The lowest BCUT2D eigenvalue weighted by atomic mass is 10.2. The summed E-state index contributed by atoms with van der Waals surface area (Å²) in [5.41, 5.74) is -0.976. The van der Waals surface area contributed by atoms with E-state index in [4.69, 9.17) is 16.0 Å². The van der Waals surface area contributed by atoms with Crippen LogP contribution in [-0.4, -0.2) is 17.7 Å². The Morgan fingerprint density at radius 3 is 2.64 bits per heavy atom. The molecule has 0 bridgehead atoms. The molecule has 2 rings (SSSR count). The first-order chi connectivity index (χ1) is 11.8. The van der Waals surface area contributed by atoms with E-state index in [0.29, 0.717) is 5.76 Å². The number of nitrogens with one attached hydrogen (secondary N) is 2. The highest BCUT2D eigenvalue weighted by Crippen LogP contribution is 2.36. The van der Waals surface area contributed by atoms with Crippen molar-refractivity contribution in [2.24, 2.45) is 0 Å². The zero-order chi connectivity index (χ0) is 18.4. The van der Waals surface area contributed by atoms with Crippen molar-refractivity contribution in [1.82, 2.24) is 10.6 Å². The second-order valence-corrected chi connectivity index (χ2v) is 6.19. The first-order valence-electron chi connectivity index (χ1n) is 6.85. The first-order valence-corrected chi connectivity index (χ1v) is 8.21. The maximum absolute atomic E-state index is 12.8. The van der Waals surface area contributed by atoms with Crippen molar-refractivity contribution in [3.05, 3.63) is 52.9 Å². The molecule has 0 unspecified atom stereocenters. The van der Waals surface area contributed by atoms with Gasteiger partial charge in [0.1, 0.15) is 5.76 Å². The largest absolute Gasteiger partial charge is 0.467 e. The summed E-state index contributed by atoms with van der Waals surface area (Å²) >= 11 is 6.38. The molecule has 5 nitrogen and oxygen atoms in total. The standard InChI is InChI=1S/C15H12ClF3N2O3S/c16-12-4-3-10(6-11(12)15(17,18)19)25-8-13(22)21-14(23)20-7-9-2-1-5-24-9/h1-6H,7-8H2,(H2,20,21,22,23). The van der Waals surface area contributed by atoms with Crippen molar-refractivity contribution in [2.75, 3.05) is 5.75 Å². The number of rotatable bonds is 5. The Labute approximate surface area is 149 Å². The minimum atomic E-state index is -4.58. The Kier molecular flexibility index (Phi) is 6.38. The number of urea groups is 1. The van der Waals surface area contributed by atoms with Crippen molar-refractivity contribution in [1.29, 1.82) is 0 Å². The van der Waals surface area contributed by atoms with E-state index in [-0.39, 0.29) is 17.2 Å². The molecule has 3 amide bonds. The molecule has 2 aromatic rings. The van der Waals surface area contributed by atoms with Gasteiger partial charge in [-0.25, -0.2) is 4.79 Å². The summed E-state index contributed by atoms with van der Waals surface area (Å²) < 4.78 is 43.3. The Hall–Kier alpha value is -2.13. The van der Waals surface area contributed by atoms with Gasteiger partial charge < -0.3 is 9.73 Å². The molecule has 0 spiro atoms. The molecular weight excluding hydrogens is 381 g/mol. The van der Waals surface area contributed by atoms with Crippen molar-refractivity contribution >= 4 is 35.3 Å². The normalized spacial score (nSPS) is 11.2. The molecule has 0 aliphatic rings. The Balaban J connectivity index is 1.82. The molecule has 2 N–H and O–H groups in total. The average molecular weight is 393 g/mol. The molecular formula is C15H12ClF3N2O3S. The molecule has 0 fully saturated rings. The van der Waals surface area contributed by atoms with Gasteiger partial charge in [-0.05, 0) is 30.3 Å². The van der Waals surface area contributed by atoms with Crippen LogP contribution in [0.3, 0.4) is 0 Å². The van der Waals surface area contributed by atoms with E-state index in [1.807, 2.05) is 0 Å². The van der Waals surface area contributed by atoms with E-state index >= 15 is 0 Å². The maximum atomic E-state index is 12.8. The van der Waals surface area contributed by atoms with Crippen LogP contribution in [0.5, 0.6) is 0 Å². The summed E-state index contributed by atoms with van der Waals surface area (Å²) in [6.07, 6.45) is -3.14. The van der Waals surface area contributed by atoms with Gasteiger partial charge in [-0.1, -0.05) is 11.6 Å². The lowest BCUT2D eigenvalue weighted by Gasteiger charge is -2.10. The summed E-state index contributed by atoms with van der Waals surface area (Å²) in [4.78, 5) is 23.4. The fourth-order valence-electron chi connectivity index (χ4n) is 1.75. The predicted octanol–water partition coefficient (Wildman–Crippen LogP) is 4.07. The number of carbonyl (C=O) groups is 2. The van der Waals surface area contributed by atoms with E-state index in [0.717, 1.165) is 23.9 Å². The van der Waals surface area contributed by atoms with E-state index in [2.05, 4.69) is 10.6 Å². The Morgan fingerprint density at radius 1 is 1.24 bits per heavy atom. The first kappa shape index (κ1) is 19.2. The summed E-state index contributed by atoms with van der Waals surface area (Å²) in [7, 11) is 0. The molecule has 0 saturated heterocycles. The smallest absolute Gasteiger partial charge is 0.417 e. The van der Waals surface area contributed by atoms with Gasteiger partial charge in [0.15, 0.2) is 0 Å². The molecule has 0 radical (unpaired) electrons. The SMILES string of the molecule is O=C(CSc1ccc(Cl)c(C(F)(F)F)c1)NC(=O)NCc1ccco1. The molecule has 0 atom stereocenters. The highest BCUT2D eigenvalue weighted by atomic mass is 35.5. The number of benzene rings is 1. The minimum Gasteiger partial charge on any atom is -0.467 e. The van der Waals surface area contributed by atoms with Gasteiger partial charge in [-0.15, -0.1) is 11.8 Å². The third kappa shape index (κ3) is 6.02. The lowest BCUT2D eigenvalue weighted by Crippen LogP contribution is -2.39. The van der Waals surface area contributed by atoms with Crippen LogP contribution >= 0.6 is 23.4 Å². The molecule has 25 heavy (non-hydrogen) atoms. The fraction of sp³-hybridized carbons (Fsp3) is 0.200. The number of furan rings is 1. The zero-order valence-corrected chi connectivity index (χ0v) is 14.1. The van der Waals surface area contributed by atoms with Gasteiger partial charge in [-0.3, -0.25) is 10.1 Å². The number of halogens is 4. The van der Waals surface area contributed by atoms with Crippen LogP contribution in [0.1, 0.15) is 11.3 Å². The van der Waals surface area contributed by atoms with Crippen LogP contribution in [0, 0.1) is 0 Å². The average Bonchev–Trinajstić information content (AvgIpc) is 3.04. The molecule has 134 valence electrons. The predicted molar refractivity (Wildman–Crippen MR) is 86.3 cm³/mol. The third-order valence-electron chi connectivity index (χ3n) is 2.87. The van der Waals surface area contributed by atoms with Crippen LogP contribution in [0.15, 0.2) is 45.9 Å². The molecule has 0 aliphatic heterocycles. The van der Waals surface area contributed by atoms with Crippen LogP contribution < -0.4 is 10.6 Å². The third-order valence-corrected chi connectivity index (χ3v) is 4.19. The van der Waals surface area contributed by atoms with Gasteiger partial charge in [0.25, 0.3) is 0 Å². The highest BCUT2D eigenvalue weighted by Gasteiger charge is 2.33. The van der Waals surface area contributed by atoms with Gasteiger partial charge in [0, 0.05) is 4.90 Å². The quantitative estimate of drug-likeness (QED) is 0.752. The van der Waals surface area contributed by atoms with Crippen molar-refractivity contribution in [3.63, 3.8) is 0 Å². The topological polar surface area (TPSA) is 71.3 Å². The highest BCUT2D eigenvalue weighted by molar-refractivity contribution is 8.00. The van der Waals surface area contributed by atoms with Crippen molar-refractivity contribution in [2.45, 2.75) is 17.6 Å². The van der Waals surface area contributed by atoms with E-state index in [1.54, 1.807) is 12.1 Å². The van der Waals surface area contributed by atoms with Gasteiger partial charge in [0.2, 0.25) is 5.91 Å². The lowest BCUT2D eigenvalue weighted by molar-refractivity contribution is -0.137. The van der Waals surface area contributed by atoms with Crippen LogP contribution in [0.4, 0.5) is 18.0 Å². The second-order valence-electron chi connectivity index (χ2n) is 4.74. The minimum absolute atomic E-state index is 0.103. The number of thioether (sulfide) groups is 1. The van der Waals surface area contributed by atoms with Gasteiger partial charge in [-0.2, -0.15) is 13.2 Å². The monoisotopic (exact) mass is 392 g/mol. The number of carbonyl (C=O) groups excluding carboxylic acids is 2. The number of imide groups is 1. The second kappa shape index (κ2) is 8.30. The number of hydrogen-bond acceptors (Lipinski definition) is 4. The summed E-state index contributed by atoms with van der Waals surface area (Å²) in [6.45, 7) is 0.103. The Morgan fingerprint density at radius 2 is 2.00 bits per heavy atom. The maximum Gasteiger partial charge on any atom is 0.417 e. The van der Waals surface area contributed by atoms with Crippen LogP contribution in [0.25, 0.3) is 0 Å². The Bertz CT molecular complexity index is 751. The zero-order valence-electron chi connectivity index (χ0n) is 12.5. The molecule has 0 saturated carbocycles. The molecule has 10 heteroatoms. The van der Waals surface area contributed by atoms with Crippen molar-refractivity contribution in [3.8, 4) is 0 Å². The molecule has 0 aliphatic carbocycles. The molecule has 1 aromatic carbocycles. The molecule has 1 aromatic heterocycles. The van der Waals surface area contributed by atoms with Gasteiger partial charge >= 0.3 is 12.2 Å². The number of hydrogen-bond donors (Lipinski definition) is 2. The molecule has 1 heterocycles. The number of amides is 3. The number of alkyl halides is 3. The van der Waals surface area contributed by atoms with E-state index in [9.17, 15) is 22.8 Å². The van der Waals surface area contributed by atoms with Crippen molar-refractivity contribution < 1.29 is 27.2 Å².